The predicted octanol–water partition coefficient (Wildman–Crippen LogP) is 1.46. The van der Waals surface area contributed by atoms with E-state index < -0.39 is 21.1 Å². The molecule has 0 saturated carbocycles. The molecule has 0 spiro atoms. The predicted molar refractivity (Wildman–Crippen MR) is 102 cm³/mol. The summed E-state index contributed by atoms with van der Waals surface area (Å²) in [6.45, 7) is 0. The molecule has 0 bridgehead atoms. The molecule has 2 aliphatic rings. The summed E-state index contributed by atoms with van der Waals surface area (Å²) in [6.07, 6.45) is 8.11. The molecule has 2 aromatic rings. The van der Waals surface area contributed by atoms with Crippen LogP contribution in [0.1, 0.15) is 40.8 Å². The number of benzene rings is 1. The van der Waals surface area contributed by atoms with E-state index in [9.17, 15) is 13.2 Å². The Bertz CT molecular complexity index is 1060. The van der Waals surface area contributed by atoms with Gasteiger partial charge in [0.15, 0.2) is 5.69 Å². The van der Waals surface area contributed by atoms with Crippen molar-refractivity contribution in [2.75, 3.05) is 5.32 Å². The monoisotopic (exact) mass is 422 g/mol. The van der Waals surface area contributed by atoms with Crippen molar-refractivity contribution in [1.82, 2.24) is 14.7 Å². The second-order valence-electron chi connectivity index (χ2n) is 6.62. The molecular weight excluding hydrogens is 405 g/mol. The molecule has 10 heteroatoms. The minimum atomic E-state index is -4.31. The summed E-state index contributed by atoms with van der Waals surface area (Å²) in [5.74, 6) is 0. The number of sulfonamides is 1. The van der Waals surface area contributed by atoms with Crippen LogP contribution in [-0.4, -0.2) is 75.8 Å². The third kappa shape index (κ3) is 4.01. The second-order valence-corrected chi connectivity index (χ2v) is 8.21. The zero-order valence-electron chi connectivity index (χ0n) is 15.4. The van der Waals surface area contributed by atoms with Crippen molar-refractivity contribution >= 4 is 73.1 Å². The van der Waals surface area contributed by atoms with Crippen molar-refractivity contribution in [2.45, 2.75) is 43.6 Å². The van der Waals surface area contributed by atoms with Crippen LogP contribution in [-0.2, 0) is 35.7 Å². The van der Waals surface area contributed by atoms with Gasteiger partial charge in [0, 0.05) is 69.5 Å². The topological polar surface area (TPSA) is 125 Å². The number of hydrogen-bond donors (Lipinski definition) is 2. The number of aryl methyl sites for hydroxylation is 2. The van der Waals surface area contributed by atoms with Crippen molar-refractivity contribution < 1.29 is 13.2 Å². The van der Waals surface area contributed by atoms with Crippen molar-refractivity contribution in [2.24, 2.45) is 0 Å². The van der Waals surface area contributed by atoms with Gasteiger partial charge in [-0.15, -0.1) is 0 Å². The number of nitrogens with zero attached hydrogens (tertiary/aromatic N) is 3. The molecule has 2 N–H and O–H groups in total. The number of amides is 2. The number of carbonyl (C=O) groups is 1. The maximum absolute atomic E-state index is 12.5. The van der Waals surface area contributed by atoms with Crippen LogP contribution in [0.5, 0.6) is 0 Å². The first kappa shape index (κ1) is 21.4. The number of rotatable bonds is 3. The molecule has 139 valence electrons. The van der Waals surface area contributed by atoms with E-state index in [1.807, 2.05) is 4.72 Å². The van der Waals surface area contributed by atoms with E-state index in [1.54, 1.807) is 6.07 Å². The molecule has 1 heterocycles. The average molecular weight is 423 g/mol. The van der Waals surface area contributed by atoms with Gasteiger partial charge in [-0.3, -0.25) is 0 Å². The molecule has 1 aromatic heterocycles. The zero-order chi connectivity index (χ0) is 19.0. The van der Waals surface area contributed by atoms with Crippen molar-refractivity contribution in [3.05, 3.63) is 46.4 Å². The second kappa shape index (κ2) is 8.57. The van der Waals surface area contributed by atoms with E-state index in [2.05, 4.69) is 21.4 Å². The molecule has 0 unspecified atom stereocenters. The van der Waals surface area contributed by atoms with Gasteiger partial charge in [-0.2, -0.15) is 13.7 Å². The third-order valence-electron chi connectivity index (χ3n) is 4.96. The number of carbonyl (C=O) groups excluding carboxylic acids is 1. The molecule has 0 aliphatic heterocycles. The molecule has 4 rings (SSSR count). The minimum Gasteiger partial charge on any atom is -0.307 e. The van der Waals surface area contributed by atoms with Gasteiger partial charge in [-0.1, -0.05) is 6.07 Å². The summed E-state index contributed by atoms with van der Waals surface area (Å²) in [4.78, 5) is 19.8. The Morgan fingerprint density at radius 3 is 2.25 bits per heavy atom. The summed E-state index contributed by atoms with van der Waals surface area (Å²) >= 11 is 0. The third-order valence-corrected chi connectivity index (χ3v) is 6.23. The Labute approximate surface area is 205 Å². The average Bonchev–Trinajstić information content (AvgIpc) is 3.30. The standard InChI is InChI=1S/C18H17N5O3S.K/c19-10-15-17(21-8-7-20-15)27(25,26)23-18(24)22-16-13-5-1-3-11(13)9-12-4-2-6-14(12)16;/h7-9H,1-6H2,(H2,22,23,24);. The van der Waals surface area contributed by atoms with Crippen LogP contribution in [0.3, 0.4) is 0 Å². The van der Waals surface area contributed by atoms with Gasteiger partial charge in [0.05, 0.1) is 0 Å². The smallest absolute Gasteiger partial charge is 0.307 e. The summed E-state index contributed by atoms with van der Waals surface area (Å²) in [5, 5.41) is 11.2. The van der Waals surface area contributed by atoms with E-state index in [-0.39, 0.29) is 57.1 Å². The van der Waals surface area contributed by atoms with Crippen molar-refractivity contribution in [1.29, 1.82) is 5.26 Å². The van der Waals surface area contributed by atoms with Crippen LogP contribution < -0.4 is 10.0 Å². The first-order chi connectivity index (χ1) is 13.0. The van der Waals surface area contributed by atoms with Crippen LogP contribution in [0.4, 0.5) is 10.5 Å². The van der Waals surface area contributed by atoms with E-state index >= 15 is 0 Å². The molecule has 1 aromatic carbocycles. The fourth-order valence-corrected chi connectivity index (χ4v) is 4.82. The molecule has 0 atom stereocenters. The maximum Gasteiger partial charge on any atom is 0.333 e. The Morgan fingerprint density at radius 2 is 1.64 bits per heavy atom. The normalized spacial score (nSPS) is 14.4. The molecule has 0 fully saturated rings. The number of aromatic nitrogens is 2. The molecule has 2 amide bonds. The number of hydrogen-bond acceptors (Lipinski definition) is 6. The molecule has 8 nitrogen and oxygen atoms in total. The Hall–Kier alpha value is -1.35. The molecular formula is C18H17KN5O3S. The van der Waals surface area contributed by atoms with Crippen LogP contribution in [0.25, 0.3) is 0 Å². The Kier molecular flexibility index (Phi) is 6.53. The van der Waals surface area contributed by atoms with Gasteiger partial charge in [0.2, 0.25) is 5.03 Å². The number of fused-ring (bicyclic) bond motifs is 2. The zero-order valence-corrected chi connectivity index (χ0v) is 19.4. The van der Waals surface area contributed by atoms with Gasteiger partial charge >= 0.3 is 6.03 Å². The van der Waals surface area contributed by atoms with Crippen LogP contribution in [0.2, 0.25) is 0 Å². The van der Waals surface area contributed by atoms with Gasteiger partial charge in [0.1, 0.15) is 6.07 Å². The first-order valence-electron chi connectivity index (χ1n) is 8.71. The van der Waals surface area contributed by atoms with Gasteiger partial charge in [0.25, 0.3) is 10.0 Å². The van der Waals surface area contributed by atoms with Crippen LogP contribution in [0.15, 0.2) is 23.5 Å². The largest absolute Gasteiger partial charge is 0.333 e. The molecule has 2 aliphatic carbocycles. The number of urea groups is 1. The van der Waals surface area contributed by atoms with E-state index in [1.165, 1.54) is 17.3 Å². The summed E-state index contributed by atoms with van der Waals surface area (Å²) in [5.41, 5.74) is 5.04. The number of nitriles is 1. The van der Waals surface area contributed by atoms with E-state index in [0.29, 0.717) is 0 Å². The molecule has 1 radical (unpaired) electrons. The molecule has 28 heavy (non-hydrogen) atoms. The van der Waals surface area contributed by atoms with Crippen molar-refractivity contribution in [3.63, 3.8) is 0 Å². The SMILES string of the molecule is N#Cc1nccnc1S(=O)(=O)NC(=O)Nc1c2c(cc3c1CCC3)CCC2.[K]. The first-order valence-corrected chi connectivity index (χ1v) is 10.2. The number of anilines is 1. The summed E-state index contributed by atoms with van der Waals surface area (Å²) in [7, 11) is -4.31. The van der Waals surface area contributed by atoms with E-state index in [4.69, 9.17) is 5.26 Å². The van der Waals surface area contributed by atoms with Crippen LogP contribution >= 0.6 is 0 Å². The fraction of sp³-hybridized carbons (Fsp3) is 0.333. The summed E-state index contributed by atoms with van der Waals surface area (Å²) in [6, 6.07) is 3.03. The van der Waals surface area contributed by atoms with Gasteiger partial charge < -0.3 is 5.32 Å². The van der Waals surface area contributed by atoms with Crippen LogP contribution in [0, 0.1) is 11.3 Å². The van der Waals surface area contributed by atoms with E-state index in [0.717, 1.165) is 61.5 Å². The fourth-order valence-electron chi connectivity index (χ4n) is 3.88. The molecule has 0 saturated heterocycles. The maximum atomic E-state index is 12.5. The summed E-state index contributed by atoms with van der Waals surface area (Å²) < 4.78 is 26.9. The quantitative estimate of drug-likeness (QED) is 0.722. The van der Waals surface area contributed by atoms with Gasteiger partial charge in [-0.05, 0) is 60.8 Å². The Balaban J connectivity index is 0.00000225. The van der Waals surface area contributed by atoms with Gasteiger partial charge in [-0.25, -0.2) is 19.5 Å². The minimum absolute atomic E-state index is 0. The Morgan fingerprint density at radius 1 is 1.04 bits per heavy atom. The number of nitrogens with one attached hydrogen (secondary N) is 2. The van der Waals surface area contributed by atoms with Crippen molar-refractivity contribution in [3.8, 4) is 6.07 Å².